The minimum absolute atomic E-state index is 0.103. The highest BCUT2D eigenvalue weighted by Gasteiger charge is 2.12. The number of carbonyl (C=O) groups excluding carboxylic acids is 1. The number of nitrogens with zero attached hydrogens (tertiary/aromatic N) is 2. The van der Waals surface area contributed by atoms with E-state index in [0.29, 0.717) is 22.4 Å². The van der Waals surface area contributed by atoms with Crippen LogP contribution in [0.4, 0.5) is 5.95 Å². The molecule has 2 N–H and O–H groups in total. The maximum Gasteiger partial charge on any atom is 0.261 e. The fourth-order valence-electron chi connectivity index (χ4n) is 2.33. The van der Waals surface area contributed by atoms with Gasteiger partial charge in [0.25, 0.3) is 5.91 Å². The van der Waals surface area contributed by atoms with Gasteiger partial charge in [-0.15, -0.1) is 11.3 Å². The predicted octanol–water partition coefficient (Wildman–Crippen LogP) is 4.14. The van der Waals surface area contributed by atoms with E-state index in [4.69, 9.17) is 11.6 Å². The minimum atomic E-state index is -0.103. The molecule has 0 unspecified atom stereocenters. The number of rotatable bonds is 5. The van der Waals surface area contributed by atoms with Crippen molar-refractivity contribution in [2.24, 2.45) is 0 Å². The monoisotopic (exact) mass is 372 g/mol. The van der Waals surface area contributed by atoms with Crippen LogP contribution in [0.1, 0.15) is 20.8 Å². The third-order valence-electron chi connectivity index (χ3n) is 3.71. The van der Waals surface area contributed by atoms with Crippen LogP contribution in [0.2, 0.25) is 5.02 Å². The van der Waals surface area contributed by atoms with E-state index in [9.17, 15) is 4.79 Å². The van der Waals surface area contributed by atoms with Crippen molar-refractivity contribution in [1.29, 1.82) is 0 Å². The molecule has 0 aliphatic heterocycles. The molecule has 5 nitrogen and oxygen atoms in total. The SMILES string of the molecule is CNc1nccc(-c2ccc(C(=O)NCc3ccc(Cl)cc3C)s2)n1. The third kappa shape index (κ3) is 4.15. The molecule has 2 aromatic heterocycles. The zero-order valence-corrected chi connectivity index (χ0v) is 15.4. The van der Waals surface area contributed by atoms with Crippen LogP contribution >= 0.6 is 22.9 Å². The van der Waals surface area contributed by atoms with E-state index in [1.807, 2.05) is 43.3 Å². The second-order valence-electron chi connectivity index (χ2n) is 5.43. The normalized spacial score (nSPS) is 10.5. The van der Waals surface area contributed by atoms with Crippen molar-refractivity contribution in [2.75, 3.05) is 12.4 Å². The van der Waals surface area contributed by atoms with Crippen molar-refractivity contribution in [2.45, 2.75) is 13.5 Å². The van der Waals surface area contributed by atoms with Crippen LogP contribution in [0.15, 0.2) is 42.6 Å². The number of halogens is 1. The van der Waals surface area contributed by atoms with Crippen molar-refractivity contribution in [3.63, 3.8) is 0 Å². The van der Waals surface area contributed by atoms with Crippen molar-refractivity contribution < 1.29 is 4.79 Å². The second kappa shape index (κ2) is 7.63. The molecule has 1 aromatic carbocycles. The number of hydrogen-bond donors (Lipinski definition) is 2. The molecule has 0 saturated heterocycles. The summed E-state index contributed by atoms with van der Waals surface area (Å²) in [5, 5.41) is 6.55. The Hall–Kier alpha value is -2.44. The van der Waals surface area contributed by atoms with Crippen LogP contribution < -0.4 is 10.6 Å². The molecule has 0 bridgehead atoms. The summed E-state index contributed by atoms with van der Waals surface area (Å²) in [5.41, 5.74) is 2.89. The Morgan fingerprint density at radius 3 is 2.84 bits per heavy atom. The first-order chi connectivity index (χ1) is 12.1. The maximum absolute atomic E-state index is 12.4. The van der Waals surface area contributed by atoms with Gasteiger partial charge in [-0.3, -0.25) is 4.79 Å². The zero-order valence-electron chi connectivity index (χ0n) is 13.8. The van der Waals surface area contributed by atoms with Crippen LogP contribution in [-0.4, -0.2) is 22.9 Å². The van der Waals surface area contributed by atoms with Gasteiger partial charge in [0.15, 0.2) is 0 Å². The molecule has 0 spiro atoms. The van der Waals surface area contributed by atoms with Crippen LogP contribution in [-0.2, 0) is 6.54 Å². The Kier molecular flexibility index (Phi) is 5.31. The Bertz CT molecular complexity index is 910. The summed E-state index contributed by atoms with van der Waals surface area (Å²) in [6, 6.07) is 11.2. The molecule has 0 saturated carbocycles. The molecule has 3 aromatic rings. The molecule has 0 fully saturated rings. The zero-order chi connectivity index (χ0) is 17.8. The van der Waals surface area contributed by atoms with Crippen LogP contribution in [0.3, 0.4) is 0 Å². The molecule has 0 aliphatic carbocycles. The van der Waals surface area contributed by atoms with Crippen molar-refractivity contribution in [1.82, 2.24) is 15.3 Å². The molecule has 7 heteroatoms. The number of thiophene rings is 1. The molecular formula is C18H17ClN4OS. The standard InChI is InChI=1S/C18H17ClN4OS/c1-11-9-13(19)4-3-12(11)10-22-17(24)16-6-5-15(25-16)14-7-8-21-18(20-2)23-14/h3-9H,10H2,1-2H3,(H,22,24)(H,20,21,23). The van der Waals surface area contributed by atoms with Crippen LogP contribution in [0.5, 0.6) is 0 Å². The number of carbonyl (C=O) groups is 1. The number of hydrogen-bond acceptors (Lipinski definition) is 5. The summed E-state index contributed by atoms with van der Waals surface area (Å²) in [6.07, 6.45) is 1.69. The summed E-state index contributed by atoms with van der Waals surface area (Å²) in [7, 11) is 1.77. The fourth-order valence-corrected chi connectivity index (χ4v) is 3.45. The number of nitrogens with one attached hydrogen (secondary N) is 2. The molecule has 128 valence electrons. The number of amides is 1. The van der Waals surface area contributed by atoms with E-state index in [2.05, 4.69) is 20.6 Å². The lowest BCUT2D eigenvalue weighted by atomic mass is 10.1. The maximum atomic E-state index is 12.4. The average Bonchev–Trinajstić information content (AvgIpc) is 3.11. The lowest BCUT2D eigenvalue weighted by Crippen LogP contribution is -2.22. The highest BCUT2D eigenvalue weighted by atomic mass is 35.5. The summed E-state index contributed by atoms with van der Waals surface area (Å²) in [4.78, 5) is 22.4. The molecule has 0 aliphatic rings. The molecular weight excluding hydrogens is 356 g/mol. The van der Waals surface area contributed by atoms with Gasteiger partial charge in [0, 0.05) is 24.8 Å². The van der Waals surface area contributed by atoms with Gasteiger partial charge >= 0.3 is 0 Å². The van der Waals surface area contributed by atoms with E-state index < -0.39 is 0 Å². The highest BCUT2D eigenvalue weighted by molar-refractivity contribution is 7.17. The number of aryl methyl sites for hydroxylation is 1. The Labute approximate surface area is 155 Å². The summed E-state index contributed by atoms with van der Waals surface area (Å²) < 4.78 is 0. The van der Waals surface area contributed by atoms with Crippen molar-refractivity contribution >= 4 is 34.8 Å². The molecule has 25 heavy (non-hydrogen) atoms. The lowest BCUT2D eigenvalue weighted by molar-refractivity contribution is 0.0955. The number of aromatic nitrogens is 2. The molecule has 0 atom stereocenters. The minimum Gasteiger partial charge on any atom is -0.357 e. The third-order valence-corrected chi connectivity index (χ3v) is 5.05. The van der Waals surface area contributed by atoms with Gasteiger partial charge in [-0.1, -0.05) is 17.7 Å². The first-order valence-corrected chi connectivity index (χ1v) is 8.90. The molecule has 0 radical (unpaired) electrons. The van der Waals surface area contributed by atoms with Crippen molar-refractivity contribution in [3.8, 4) is 10.6 Å². The highest BCUT2D eigenvalue weighted by Crippen LogP contribution is 2.27. The Morgan fingerprint density at radius 1 is 1.24 bits per heavy atom. The second-order valence-corrected chi connectivity index (χ2v) is 6.95. The topological polar surface area (TPSA) is 66.9 Å². The Morgan fingerprint density at radius 2 is 2.08 bits per heavy atom. The quantitative estimate of drug-likeness (QED) is 0.706. The smallest absolute Gasteiger partial charge is 0.261 e. The number of anilines is 1. The summed E-state index contributed by atoms with van der Waals surface area (Å²) >= 11 is 7.36. The van der Waals surface area contributed by atoms with E-state index in [0.717, 1.165) is 21.7 Å². The van der Waals surface area contributed by atoms with Crippen molar-refractivity contribution in [3.05, 3.63) is 63.6 Å². The van der Waals surface area contributed by atoms with Gasteiger partial charge in [-0.25, -0.2) is 9.97 Å². The van der Waals surface area contributed by atoms with Gasteiger partial charge in [0.1, 0.15) is 0 Å². The van der Waals surface area contributed by atoms with Gasteiger partial charge in [0.05, 0.1) is 15.4 Å². The fraction of sp³-hybridized carbons (Fsp3) is 0.167. The van der Waals surface area contributed by atoms with E-state index in [1.165, 1.54) is 11.3 Å². The largest absolute Gasteiger partial charge is 0.357 e. The predicted molar refractivity (Wildman–Crippen MR) is 102 cm³/mol. The van der Waals surface area contributed by atoms with Gasteiger partial charge in [-0.05, 0) is 48.4 Å². The molecule has 1 amide bonds. The van der Waals surface area contributed by atoms with E-state index >= 15 is 0 Å². The Balaban J connectivity index is 1.70. The van der Waals surface area contributed by atoms with Crippen LogP contribution in [0.25, 0.3) is 10.6 Å². The lowest BCUT2D eigenvalue weighted by Gasteiger charge is -2.07. The van der Waals surface area contributed by atoms with Gasteiger partial charge < -0.3 is 10.6 Å². The number of benzene rings is 1. The summed E-state index contributed by atoms with van der Waals surface area (Å²) in [6.45, 7) is 2.44. The first kappa shape index (κ1) is 17.4. The molecule has 2 heterocycles. The van der Waals surface area contributed by atoms with Crippen LogP contribution in [0, 0.1) is 6.92 Å². The first-order valence-electron chi connectivity index (χ1n) is 7.71. The van der Waals surface area contributed by atoms with Gasteiger partial charge in [0.2, 0.25) is 5.95 Å². The molecule has 3 rings (SSSR count). The summed E-state index contributed by atoms with van der Waals surface area (Å²) in [5.74, 6) is 0.448. The van der Waals surface area contributed by atoms with E-state index in [-0.39, 0.29) is 5.91 Å². The average molecular weight is 373 g/mol. The van der Waals surface area contributed by atoms with Gasteiger partial charge in [-0.2, -0.15) is 0 Å². The van der Waals surface area contributed by atoms with E-state index in [1.54, 1.807) is 13.2 Å².